The number of ketones is 1. The third-order valence-corrected chi connectivity index (χ3v) is 4.08. The molecule has 0 amide bonds. The summed E-state index contributed by atoms with van der Waals surface area (Å²) in [5.74, 6) is -0.0303. The van der Waals surface area contributed by atoms with Crippen LogP contribution in [0.15, 0.2) is 28.3 Å². The van der Waals surface area contributed by atoms with Gasteiger partial charge in [-0.3, -0.25) is 4.79 Å². The number of nitrogens with zero attached hydrogens (tertiary/aromatic N) is 2. The number of rotatable bonds is 3. The Hall–Kier alpha value is -1.88. The summed E-state index contributed by atoms with van der Waals surface area (Å²) in [7, 11) is 0. The first-order valence-corrected chi connectivity index (χ1v) is 7.10. The highest BCUT2D eigenvalue weighted by Gasteiger charge is 2.09. The smallest absolute Gasteiger partial charge is 0.192 e. The molecule has 104 valence electrons. The van der Waals surface area contributed by atoms with Crippen molar-refractivity contribution in [3.05, 3.63) is 40.7 Å². The molecule has 2 N–H and O–H groups in total. The monoisotopic (exact) mass is 287 g/mol. The average Bonchev–Trinajstić information content (AvgIpc) is 2.35. The van der Waals surface area contributed by atoms with Crippen LogP contribution in [0, 0.1) is 20.8 Å². The number of anilines is 1. The lowest BCUT2D eigenvalue weighted by molar-refractivity contribution is 0.101. The molecule has 0 spiro atoms. The van der Waals surface area contributed by atoms with Crippen molar-refractivity contribution in [3.8, 4) is 0 Å². The van der Waals surface area contributed by atoms with Crippen LogP contribution in [0.2, 0.25) is 0 Å². The molecular formula is C15H17N3OS. The minimum atomic E-state index is -0.0303. The summed E-state index contributed by atoms with van der Waals surface area (Å²) in [6.07, 6.45) is 0. The van der Waals surface area contributed by atoms with Gasteiger partial charge in [-0.2, -0.15) is 0 Å². The normalized spacial score (nSPS) is 10.6. The first kappa shape index (κ1) is 14.5. The van der Waals surface area contributed by atoms with E-state index in [-0.39, 0.29) is 5.78 Å². The Morgan fingerprint density at radius 1 is 1.15 bits per heavy atom. The number of nitrogen functional groups attached to an aromatic ring is 1. The van der Waals surface area contributed by atoms with E-state index in [4.69, 9.17) is 5.73 Å². The van der Waals surface area contributed by atoms with Gasteiger partial charge in [-0.25, -0.2) is 9.97 Å². The minimum absolute atomic E-state index is 0.0303. The van der Waals surface area contributed by atoms with Gasteiger partial charge in [0.2, 0.25) is 0 Å². The molecule has 0 radical (unpaired) electrons. The van der Waals surface area contributed by atoms with Gasteiger partial charge in [-0.05, 0) is 63.2 Å². The summed E-state index contributed by atoms with van der Waals surface area (Å²) in [6.45, 7) is 7.47. The molecule has 1 heterocycles. The van der Waals surface area contributed by atoms with Crippen LogP contribution in [0.25, 0.3) is 0 Å². The zero-order chi connectivity index (χ0) is 14.9. The molecule has 0 aliphatic heterocycles. The van der Waals surface area contributed by atoms with Crippen LogP contribution in [-0.2, 0) is 0 Å². The second-order valence-corrected chi connectivity index (χ2v) is 5.75. The Balaban J connectivity index is 2.31. The Morgan fingerprint density at radius 3 is 2.25 bits per heavy atom. The van der Waals surface area contributed by atoms with Gasteiger partial charge >= 0.3 is 0 Å². The van der Waals surface area contributed by atoms with E-state index in [2.05, 4.69) is 9.97 Å². The fraction of sp³-hybridized carbons (Fsp3) is 0.267. The Kier molecular flexibility index (Phi) is 4.09. The first-order chi connectivity index (χ1) is 9.38. The van der Waals surface area contributed by atoms with Crippen molar-refractivity contribution in [3.63, 3.8) is 0 Å². The van der Waals surface area contributed by atoms with Gasteiger partial charge < -0.3 is 5.73 Å². The second-order valence-electron chi connectivity index (χ2n) is 4.71. The van der Waals surface area contributed by atoms with Crippen molar-refractivity contribution in [2.45, 2.75) is 37.7 Å². The summed E-state index contributed by atoms with van der Waals surface area (Å²) < 4.78 is 0. The summed E-state index contributed by atoms with van der Waals surface area (Å²) in [4.78, 5) is 21.2. The fourth-order valence-corrected chi connectivity index (χ4v) is 2.72. The van der Waals surface area contributed by atoms with Crippen LogP contribution >= 0.6 is 11.8 Å². The van der Waals surface area contributed by atoms with E-state index in [9.17, 15) is 4.79 Å². The molecule has 0 bridgehead atoms. The minimum Gasteiger partial charge on any atom is -0.398 e. The number of hydrogen-bond acceptors (Lipinski definition) is 5. The lowest BCUT2D eigenvalue weighted by Crippen LogP contribution is -2.00. The molecular weight excluding hydrogens is 270 g/mol. The van der Waals surface area contributed by atoms with E-state index in [0.717, 1.165) is 21.8 Å². The first-order valence-electron chi connectivity index (χ1n) is 6.28. The van der Waals surface area contributed by atoms with Gasteiger partial charge in [0.25, 0.3) is 0 Å². The predicted molar refractivity (Wildman–Crippen MR) is 81.2 cm³/mol. The van der Waals surface area contributed by atoms with Gasteiger partial charge in [-0.15, -0.1) is 0 Å². The van der Waals surface area contributed by atoms with Gasteiger partial charge in [-0.1, -0.05) is 0 Å². The number of benzene rings is 1. The van der Waals surface area contributed by atoms with E-state index in [1.165, 1.54) is 18.7 Å². The van der Waals surface area contributed by atoms with Gasteiger partial charge in [0.15, 0.2) is 10.9 Å². The summed E-state index contributed by atoms with van der Waals surface area (Å²) >= 11 is 1.45. The van der Waals surface area contributed by atoms with E-state index < -0.39 is 0 Å². The maximum atomic E-state index is 11.4. The van der Waals surface area contributed by atoms with Crippen molar-refractivity contribution in [1.82, 2.24) is 9.97 Å². The number of aromatic nitrogens is 2. The van der Waals surface area contributed by atoms with Crippen LogP contribution in [0.4, 0.5) is 5.69 Å². The van der Waals surface area contributed by atoms with Crippen LogP contribution in [0.1, 0.15) is 34.2 Å². The molecule has 1 aromatic heterocycles. The molecule has 0 fully saturated rings. The zero-order valence-electron chi connectivity index (χ0n) is 12.0. The molecule has 0 saturated heterocycles. The number of aryl methyl sites for hydroxylation is 2. The third-order valence-electron chi connectivity index (χ3n) is 3.22. The average molecular weight is 287 g/mol. The second kappa shape index (κ2) is 5.63. The number of carbonyl (C=O) groups is 1. The molecule has 2 aromatic rings. The predicted octanol–water partition coefficient (Wildman–Crippen LogP) is 3.34. The maximum Gasteiger partial charge on any atom is 0.192 e. The molecule has 2 rings (SSSR count). The Bertz CT molecular complexity index is 660. The highest BCUT2D eigenvalue weighted by molar-refractivity contribution is 7.99. The molecule has 1 aromatic carbocycles. The largest absolute Gasteiger partial charge is 0.398 e. The molecule has 0 aliphatic rings. The highest BCUT2D eigenvalue weighted by Crippen LogP contribution is 2.28. The number of hydrogen-bond donors (Lipinski definition) is 1. The highest BCUT2D eigenvalue weighted by atomic mass is 32.2. The van der Waals surface area contributed by atoms with E-state index in [1.807, 2.05) is 26.8 Å². The standard InChI is InChI=1S/C15H17N3OS/c1-8-9(2)17-15(18-10(8)3)20-12-5-6-13(11(4)19)14(16)7-12/h5-7H,16H2,1-4H3. The van der Waals surface area contributed by atoms with Crippen molar-refractivity contribution in [2.24, 2.45) is 0 Å². The van der Waals surface area contributed by atoms with E-state index >= 15 is 0 Å². The van der Waals surface area contributed by atoms with Crippen molar-refractivity contribution in [2.75, 3.05) is 5.73 Å². The summed E-state index contributed by atoms with van der Waals surface area (Å²) in [6, 6.07) is 5.40. The van der Waals surface area contributed by atoms with Crippen LogP contribution in [0.5, 0.6) is 0 Å². The Labute approximate surface area is 122 Å². The molecule has 5 heteroatoms. The van der Waals surface area contributed by atoms with Crippen LogP contribution in [0.3, 0.4) is 0 Å². The molecule has 4 nitrogen and oxygen atoms in total. The quantitative estimate of drug-likeness (QED) is 0.532. The molecule has 0 unspecified atom stereocenters. The van der Waals surface area contributed by atoms with E-state index in [1.54, 1.807) is 12.1 Å². The lowest BCUT2D eigenvalue weighted by atomic mass is 10.1. The summed E-state index contributed by atoms with van der Waals surface area (Å²) in [5, 5.41) is 0.695. The third kappa shape index (κ3) is 2.99. The van der Waals surface area contributed by atoms with Crippen molar-refractivity contribution in [1.29, 1.82) is 0 Å². The topological polar surface area (TPSA) is 68.9 Å². The summed E-state index contributed by atoms with van der Waals surface area (Å²) in [5.41, 5.74) is 9.99. The Morgan fingerprint density at radius 2 is 1.75 bits per heavy atom. The fourth-order valence-electron chi connectivity index (χ4n) is 1.82. The lowest BCUT2D eigenvalue weighted by Gasteiger charge is -2.08. The molecule has 0 atom stereocenters. The molecule has 0 aliphatic carbocycles. The number of nitrogens with two attached hydrogens (primary N) is 1. The number of Topliss-reactive ketones (excluding diaryl/α,β-unsaturated/α-hetero) is 1. The number of carbonyl (C=O) groups excluding carboxylic acids is 1. The van der Waals surface area contributed by atoms with Gasteiger partial charge in [0.1, 0.15) is 0 Å². The SMILES string of the molecule is CC(=O)c1ccc(Sc2nc(C)c(C)c(C)n2)cc1N. The van der Waals surface area contributed by atoms with Crippen LogP contribution < -0.4 is 5.73 Å². The van der Waals surface area contributed by atoms with Crippen molar-refractivity contribution >= 4 is 23.2 Å². The van der Waals surface area contributed by atoms with Crippen molar-refractivity contribution < 1.29 is 4.79 Å². The van der Waals surface area contributed by atoms with Gasteiger partial charge in [0, 0.05) is 27.5 Å². The van der Waals surface area contributed by atoms with Gasteiger partial charge in [0.05, 0.1) is 0 Å². The van der Waals surface area contributed by atoms with Crippen LogP contribution in [-0.4, -0.2) is 15.8 Å². The molecule has 20 heavy (non-hydrogen) atoms. The maximum absolute atomic E-state index is 11.4. The van der Waals surface area contributed by atoms with E-state index in [0.29, 0.717) is 16.4 Å². The molecule has 0 saturated carbocycles. The zero-order valence-corrected chi connectivity index (χ0v) is 12.8.